The molecule has 3 atom stereocenters. The first-order valence-corrected chi connectivity index (χ1v) is 30.6. The van der Waals surface area contributed by atoms with Crippen LogP contribution in [-0.2, 0) is 42.2 Å². The standard InChI is InChI=1S/C64H103O11P/c1-4-7-10-13-16-19-22-25-27-29-30-32-34-37-40-43-46-49-52-55-64(68)75-61(57-71-62(66)53-50-47-44-41-38-35-24-21-18-15-12-9-6-3)59-73-76(69,70)72-58-60(56-65)74-63(67)54-51-48-45-42-39-36-33-31-28-26-23-20-17-14-11-8-5-2/h7-12,16-21,25-28,30,32,35,38,44,47,60-61,65H,4-6,13-15,22-24,29,31,33-34,36-37,39-43,45-46,48-59H2,1-3H3,(H,69,70)/b10-7-,11-8-,12-9-,19-16-,20-17-,21-18-,27-25-,28-26-,32-30-,38-35-,47-44-. The molecule has 0 spiro atoms. The lowest BCUT2D eigenvalue weighted by Gasteiger charge is -2.21. The summed E-state index contributed by atoms with van der Waals surface area (Å²) in [6, 6.07) is 0. The molecule has 11 nitrogen and oxygen atoms in total. The largest absolute Gasteiger partial charge is 0.472 e. The van der Waals surface area contributed by atoms with Crippen LogP contribution in [0.25, 0.3) is 0 Å². The first kappa shape index (κ1) is 71.6. The van der Waals surface area contributed by atoms with Gasteiger partial charge < -0.3 is 24.2 Å². The maximum Gasteiger partial charge on any atom is 0.472 e. The van der Waals surface area contributed by atoms with Gasteiger partial charge in [-0.2, -0.15) is 0 Å². The minimum absolute atomic E-state index is 0.0944. The molecule has 0 fully saturated rings. The minimum atomic E-state index is -4.78. The second-order valence-corrected chi connectivity index (χ2v) is 20.1. The van der Waals surface area contributed by atoms with Gasteiger partial charge in [-0.3, -0.25) is 23.4 Å². The van der Waals surface area contributed by atoms with Gasteiger partial charge in [0, 0.05) is 19.3 Å². The first-order valence-electron chi connectivity index (χ1n) is 29.1. The van der Waals surface area contributed by atoms with Crippen molar-refractivity contribution < 1.29 is 52.2 Å². The Morgan fingerprint density at radius 2 is 0.671 bits per heavy atom. The highest BCUT2D eigenvalue weighted by molar-refractivity contribution is 7.47. The van der Waals surface area contributed by atoms with E-state index in [9.17, 15) is 28.9 Å². The Bertz CT molecular complexity index is 1780. The van der Waals surface area contributed by atoms with Crippen LogP contribution in [0.5, 0.6) is 0 Å². The van der Waals surface area contributed by atoms with Crippen molar-refractivity contribution in [2.24, 2.45) is 0 Å². The van der Waals surface area contributed by atoms with E-state index >= 15 is 0 Å². The van der Waals surface area contributed by atoms with Crippen molar-refractivity contribution >= 4 is 25.7 Å². The number of hydrogen-bond acceptors (Lipinski definition) is 10. The highest BCUT2D eigenvalue weighted by Crippen LogP contribution is 2.43. The quantitative estimate of drug-likeness (QED) is 0.0197. The molecule has 0 heterocycles. The topological polar surface area (TPSA) is 155 Å². The monoisotopic (exact) mass is 1080 g/mol. The summed E-state index contributed by atoms with van der Waals surface area (Å²) >= 11 is 0. The highest BCUT2D eigenvalue weighted by atomic mass is 31.2. The van der Waals surface area contributed by atoms with E-state index in [1.807, 2.05) is 12.2 Å². The summed E-state index contributed by atoms with van der Waals surface area (Å²) in [4.78, 5) is 48.5. The third kappa shape index (κ3) is 54.4. The molecule has 0 aliphatic carbocycles. The maximum absolute atomic E-state index is 12.9. The average molecular weight is 1080 g/mol. The molecule has 0 aromatic heterocycles. The van der Waals surface area contributed by atoms with Crippen LogP contribution in [0, 0.1) is 0 Å². The predicted octanol–water partition coefficient (Wildman–Crippen LogP) is 17.4. The lowest BCUT2D eigenvalue weighted by molar-refractivity contribution is -0.161. The van der Waals surface area contributed by atoms with Gasteiger partial charge in [-0.1, -0.05) is 212 Å². The van der Waals surface area contributed by atoms with E-state index in [1.54, 1.807) is 0 Å². The molecule has 2 N–H and O–H groups in total. The third-order valence-electron chi connectivity index (χ3n) is 11.6. The lowest BCUT2D eigenvalue weighted by Crippen LogP contribution is -2.30. The molecule has 430 valence electrons. The van der Waals surface area contributed by atoms with Gasteiger partial charge in [-0.25, -0.2) is 4.57 Å². The van der Waals surface area contributed by atoms with Crippen LogP contribution in [0.2, 0.25) is 0 Å². The number of allylic oxidation sites excluding steroid dienone is 22. The number of phosphoric ester groups is 1. The first-order chi connectivity index (χ1) is 37.2. The molecule has 0 aliphatic heterocycles. The maximum atomic E-state index is 12.9. The molecule has 0 rings (SSSR count). The summed E-state index contributed by atoms with van der Waals surface area (Å²) in [5.41, 5.74) is 0. The van der Waals surface area contributed by atoms with E-state index in [0.717, 1.165) is 148 Å². The average Bonchev–Trinajstić information content (AvgIpc) is 3.41. The molecule has 0 bridgehead atoms. The summed E-state index contributed by atoms with van der Waals surface area (Å²) in [5, 5.41) is 9.83. The van der Waals surface area contributed by atoms with Crippen molar-refractivity contribution in [3.8, 4) is 0 Å². The molecule has 76 heavy (non-hydrogen) atoms. The van der Waals surface area contributed by atoms with Gasteiger partial charge in [-0.15, -0.1) is 0 Å². The molecule has 0 radical (unpaired) electrons. The lowest BCUT2D eigenvalue weighted by atomic mass is 10.1. The Morgan fingerprint density at radius 1 is 0.368 bits per heavy atom. The van der Waals surface area contributed by atoms with E-state index in [2.05, 4.69) is 142 Å². The van der Waals surface area contributed by atoms with E-state index in [4.69, 9.17) is 23.3 Å². The number of phosphoric acid groups is 1. The molecule has 0 saturated heterocycles. The Balaban J connectivity index is 4.80. The summed E-state index contributed by atoms with van der Waals surface area (Å²) in [5.74, 6) is -1.60. The summed E-state index contributed by atoms with van der Waals surface area (Å²) in [6.07, 6.45) is 71.4. The molecule has 12 heteroatoms. The van der Waals surface area contributed by atoms with Crippen LogP contribution in [0.3, 0.4) is 0 Å². The fraction of sp³-hybridized carbons (Fsp3) is 0.609. The summed E-state index contributed by atoms with van der Waals surface area (Å²) in [6.45, 7) is 4.18. The number of carbonyl (C=O) groups excluding carboxylic acids is 3. The zero-order valence-electron chi connectivity index (χ0n) is 47.4. The van der Waals surface area contributed by atoms with Gasteiger partial charge in [0.1, 0.15) is 12.7 Å². The Kier molecular flexibility index (Phi) is 53.5. The number of ether oxygens (including phenoxy) is 3. The molecular formula is C64H103O11P. The third-order valence-corrected chi connectivity index (χ3v) is 12.5. The summed E-state index contributed by atoms with van der Waals surface area (Å²) < 4.78 is 39.4. The van der Waals surface area contributed by atoms with Crippen LogP contribution in [0.4, 0.5) is 0 Å². The Morgan fingerprint density at radius 3 is 1.04 bits per heavy atom. The zero-order valence-corrected chi connectivity index (χ0v) is 48.3. The number of unbranched alkanes of at least 4 members (excludes halogenated alkanes) is 13. The Hall–Kier alpha value is -4.38. The van der Waals surface area contributed by atoms with Crippen LogP contribution < -0.4 is 0 Å². The smallest absolute Gasteiger partial charge is 0.462 e. The van der Waals surface area contributed by atoms with Crippen LogP contribution >= 0.6 is 7.82 Å². The molecule has 0 amide bonds. The number of aliphatic hydroxyl groups is 1. The molecule has 0 aromatic carbocycles. The minimum Gasteiger partial charge on any atom is -0.462 e. The van der Waals surface area contributed by atoms with Crippen molar-refractivity contribution in [2.75, 3.05) is 26.4 Å². The van der Waals surface area contributed by atoms with Crippen molar-refractivity contribution in [2.45, 2.75) is 226 Å². The SMILES string of the molecule is CC/C=C\C/C=C\C/C=C\C/C=C\CCCCCCCCC(=O)OC(COC(=O)CC/C=C\C/C=C\C/C=C\C/C=C\CC)COP(=O)(O)OCC(CO)OC(=O)CCCCCCCCC/C=C\C/C=C\C/C=C\CC. The molecular weight excluding hydrogens is 976 g/mol. The number of rotatable bonds is 52. The second kappa shape index (κ2) is 56.8. The molecule has 0 saturated carbocycles. The van der Waals surface area contributed by atoms with Crippen molar-refractivity contribution in [3.05, 3.63) is 134 Å². The van der Waals surface area contributed by atoms with Gasteiger partial charge in [0.15, 0.2) is 6.10 Å². The van der Waals surface area contributed by atoms with E-state index in [1.165, 1.54) is 6.42 Å². The number of esters is 3. The van der Waals surface area contributed by atoms with Crippen LogP contribution in [-0.4, -0.2) is 66.5 Å². The van der Waals surface area contributed by atoms with E-state index in [0.29, 0.717) is 19.3 Å². The number of hydrogen-bond donors (Lipinski definition) is 2. The fourth-order valence-electron chi connectivity index (χ4n) is 7.26. The molecule has 0 aliphatic rings. The Labute approximate surface area is 461 Å². The van der Waals surface area contributed by atoms with Gasteiger partial charge in [-0.05, 0) is 116 Å². The normalized spacial score (nSPS) is 14.3. The zero-order chi connectivity index (χ0) is 55.5. The van der Waals surface area contributed by atoms with Gasteiger partial charge in [0.2, 0.25) is 0 Å². The van der Waals surface area contributed by atoms with E-state index in [-0.39, 0.29) is 25.9 Å². The van der Waals surface area contributed by atoms with Gasteiger partial charge >= 0.3 is 25.7 Å². The van der Waals surface area contributed by atoms with Crippen molar-refractivity contribution in [1.82, 2.24) is 0 Å². The van der Waals surface area contributed by atoms with Gasteiger partial charge in [0.25, 0.3) is 0 Å². The number of carbonyl (C=O) groups is 3. The molecule has 3 unspecified atom stereocenters. The van der Waals surface area contributed by atoms with Crippen LogP contribution in [0.15, 0.2) is 134 Å². The second-order valence-electron chi connectivity index (χ2n) is 18.7. The number of aliphatic hydroxyl groups excluding tert-OH is 1. The van der Waals surface area contributed by atoms with Crippen molar-refractivity contribution in [1.29, 1.82) is 0 Å². The summed E-state index contributed by atoms with van der Waals surface area (Å²) in [7, 11) is -4.78. The van der Waals surface area contributed by atoms with Gasteiger partial charge in [0.05, 0.1) is 19.8 Å². The van der Waals surface area contributed by atoms with Crippen LogP contribution in [0.1, 0.15) is 213 Å². The predicted molar refractivity (Wildman–Crippen MR) is 316 cm³/mol. The van der Waals surface area contributed by atoms with E-state index < -0.39 is 57.8 Å². The van der Waals surface area contributed by atoms with Crippen molar-refractivity contribution in [3.63, 3.8) is 0 Å². The fourth-order valence-corrected chi connectivity index (χ4v) is 8.04. The molecule has 0 aromatic rings. The highest BCUT2D eigenvalue weighted by Gasteiger charge is 2.28.